The second-order valence-electron chi connectivity index (χ2n) is 5.84. The van der Waals surface area contributed by atoms with E-state index in [9.17, 15) is 10.1 Å². The fourth-order valence-electron chi connectivity index (χ4n) is 2.83. The third kappa shape index (κ3) is 3.48. The lowest BCUT2D eigenvalue weighted by molar-refractivity contribution is -0.383. The predicted octanol–water partition coefficient (Wildman–Crippen LogP) is 6.40. The van der Waals surface area contributed by atoms with E-state index in [0.717, 1.165) is 20.1 Å². The van der Waals surface area contributed by atoms with Gasteiger partial charge in [-0.15, -0.1) is 0 Å². The Morgan fingerprint density at radius 1 is 0.741 bits per heavy atom. The van der Waals surface area contributed by atoms with Crippen molar-refractivity contribution in [1.29, 1.82) is 0 Å². The summed E-state index contributed by atoms with van der Waals surface area (Å²) in [5.41, 5.74) is 3.72. The highest BCUT2D eigenvalue weighted by molar-refractivity contribution is 9.10. The van der Waals surface area contributed by atoms with Gasteiger partial charge in [0.1, 0.15) is 0 Å². The van der Waals surface area contributed by atoms with Crippen molar-refractivity contribution in [2.75, 3.05) is 0 Å². The van der Waals surface area contributed by atoms with E-state index < -0.39 is 4.92 Å². The number of fused-ring (bicyclic) bond motifs is 1. The number of hydrogen-bond donors (Lipinski definition) is 0. The molecule has 0 aliphatic heterocycles. The van der Waals surface area contributed by atoms with E-state index in [2.05, 4.69) is 36.8 Å². The molecule has 0 aliphatic carbocycles. The number of benzene rings is 3. The minimum Gasteiger partial charge on any atom is -0.258 e. The Kier molecular flexibility index (Phi) is 4.72. The first-order valence-electron chi connectivity index (χ1n) is 8.00. The van der Waals surface area contributed by atoms with Gasteiger partial charge in [-0.1, -0.05) is 62.2 Å². The van der Waals surface area contributed by atoms with Crippen LogP contribution in [-0.4, -0.2) is 14.9 Å². The first kappa shape index (κ1) is 17.8. The molecule has 3 aromatic carbocycles. The van der Waals surface area contributed by atoms with Gasteiger partial charge < -0.3 is 0 Å². The summed E-state index contributed by atoms with van der Waals surface area (Å²) in [7, 11) is 0. The summed E-state index contributed by atoms with van der Waals surface area (Å²) in [4.78, 5) is 20.4. The molecule has 7 heteroatoms. The Morgan fingerprint density at radius 3 is 1.78 bits per heavy atom. The minimum atomic E-state index is -0.429. The number of nitro benzene ring substituents is 1. The number of nitro groups is 1. The van der Waals surface area contributed by atoms with Crippen LogP contribution in [0.1, 0.15) is 0 Å². The average Bonchev–Trinajstić information content (AvgIpc) is 2.67. The fourth-order valence-corrected chi connectivity index (χ4v) is 3.36. The van der Waals surface area contributed by atoms with Crippen molar-refractivity contribution in [3.63, 3.8) is 0 Å². The first-order chi connectivity index (χ1) is 13.0. The molecule has 0 aliphatic rings. The zero-order valence-electron chi connectivity index (χ0n) is 13.8. The van der Waals surface area contributed by atoms with Crippen LogP contribution in [0.25, 0.3) is 33.5 Å². The molecule has 27 heavy (non-hydrogen) atoms. The maximum absolute atomic E-state index is 11.4. The standard InChI is InChI=1S/C20H11Br2N3O2/c21-14-8-4-12(5-9-14)18-19(13-6-10-15(22)11-7-13)24-20-16(23-18)2-1-3-17(20)25(26)27/h1-11H. The highest BCUT2D eigenvalue weighted by Gasteiger charge is 2.19. The lowest BCUT2D eigenvalue weighted by atomic mass is 10.0. The molecule has 0 saturated heterocycles. The molecule has 0 atom stereocenters. The van der Waals surface area contributed by atoms with Crippen molar-refractivity contribution in [2.45, 2.75) is 0 Å². The first-order valence-corrected chi connectivity index (χ1v) is 9.58. The molecule has 0 spiro atoms. The van der Waals surface area contributed by atoms with Gasteiger partial charge >= 0.3 is 0 Å². The molecule has 132 valence electrons. The number of non-ortho nitro benzene ring substituents is 1. The SMILES string of the molecule is O=[N+]([O-])c1cccc2nc(-c3ccc(Br)cc3)c(-c3ccc(Br)cc3)nc12. The molecule has 4 rings (SSSR count). The van der Waals surface area contributed by atoms with E-state index in [1.807, 2.05) is 48.5 Å². The fraction of sp³-hybridized carbons (Fsp3) is 0. The second kappa shape index (κ2) is 7.17. The van der Waals surface area contributed by atoms with Gasteiger partial charge in [0, 0.05) is 26.1 Å². The van der Waals surface area contributed by atoms with Crippen molar-refractivity contribution < 1.29 is 4.92 Å². The summed E-state index contributed by atoms with van der Waals surface area (Å²) in [5.74, 6) is 0. The minimum absolute atomic E-state index is 0.0549. The average molecular weight is 485 g/mol. The molecule has 0 bridgehead atoms. The monoisotopic (exact) mass is 483 g/mol. The van der Waals surface area contributed by atoms with Crippen LogP contribution in [0.5, 0.6) is 0 Å². The molecule has 0 unspecified atom stereocenters. The third-order valence-electron chi connectivity index (χ3n) is 4.11. The predicted molar refractivity (Wildman–Crippen MR) is 112 cm³/mol. The number of nitrogens with zero attached hydrogens (tertiary/aromatic N) is 3. The highest BCUT2D eigenvalue weighted by Crippen LogP contribution is 2.34. The molecule has 0 saturated carbocycles. The molecule has 0 amide bonds. The van der Waals surface area contributed by atoms with E-state index >= 15 is 0 Å². The van der Waals surface area contributed by atoms with Gasteiger partial charge in [-0.25, -0.2) is 9.97 Å². The van der Waals surface area contributed by atoms with Gasteiger partial charge in [-0.2, -0.15) is 0 Å². The Hall–Kier alpha value is -2.64. The molecule has 0 radical (unpaired) electrons. The summed E-state index contributed by atoms with van der Waals surface area (Å²) < 4.78 is 1.90. The van der Waals surface area contributed by atoms with E-state index in [1.165, 1.54) is 6.07 Å². The van der Waals surface area contributed by atoms with Crippen molar-refractivity contribution >= 4 is 48.6 Å². The van der Waals surface area contributed by atoms with E-state index in [1.54, 1.807) is 12.1 Å². The lowest BCUT2D eigenvalue weighted by Gasteiger charge is -2.11. The van der Waals surface area contributed by atoms with Gasteiger partial charge in [-0.3, -0.25) is 10.1 Å². The van der Waals surface area contributed by atoms with Crippen LogP contribution in [0.15, 0.2) is 75.7 Å². The van der Waals surface area contributed by atoms with Gasteiger partial charge in [-0.05, 0) is 30.3 Å². The molecule has 0 fully saturated rings. The van der Waals surface area contributed by atoms with Crippen LogP contribution in [-0.2, 0) is 0 Å². The molecule has 5 nitrogen and oxygen atoms in total. The van der Waals surface area contributed by atoms with Crippen molar-refractivity contribution in [3.05, 3.63) is 85.8 Å². The molecule has 0 N–H and O–H groups in total. The summed E-state index contributed by atoms with van der Waals surface area (Å²) in [6.45, 7) is 0. The normalized spacial score (nSPS) is 10.9. The van der Waals surface area contributed by atoms with Gasteiger partial charge in [0.2, 0.25) is 0 Å². The van der Waals surface area contributed by atoms with E-state index in [-0.39, 0.29) is 11.2 Å². The van der Waals surface area contributed by atoms with Gasteiger partial charge in [0.25, 0.3) is 5.69 Å². The Morgan fingerprint density at radius 2 is 1.26 bits per heavy atom. The van der Waals surface area contributed by atoms with E-state index in [4.69, 9.17) is 4.98 Å². The zero-order valence-corrected chi connectivity index (χ0v) is 16.9. The second-order valence-corrected chi connectivity index (χ2v) is 7.67. The van der Waals surface area contributed by atoms with Crippen molar-refractivity contribution in [2.24, 2.45) is 0 Å². The van der Waals surface area contributed by atoms with Crippen LogP contribution in [0.2, 0.25) is 0 Å². The summed E-state index contributed by atoms with van der Waals surface area (Å²) in [5, 5.41) is 11.4. The van der Waals surface area contributed by atoms with Crippen LogP contribution < -0.4 is 0 Å². The number of halogens is 2. The van der Waals surface area contributed by atoms with Crippen molar-refractivity contribution in [3.8, 4) is 22.5 Å². The molecule has 1 heterocycles. The number of hydrogen-bond acceptors (Lipinski definition) is 4. The number of aromatic nitrogens is 2. The molecule has 4 aromatic rings. The van der Waals surface area contributed by atoms with Crippen LogP contribution in [0.3, 0.4) is 0 Å². The molecular formula is C20H11Br2N3O2. The summed E-state index contributed by atoms with van der Waals surface area (Å²) in [6, 6.07) is 20.2. The summed E-state index contributed by atoms with van der Waals surface area (Å²) >= 11 is 6.87. The molecular weight excluding hydrogens is 474 g/mol. The van der Waals surface area contributed by atoms with Crippen molar-refractivity contribution in [1.82, 2.24) is 9.97 Å². The Bertz CT molecular complexity index is 1160. The van der Waals surface area contributed by atoms with Gasteiger partial charge in [0.15, 0.2) is 5.52 Å². The highest BCUT2D eigenvalue weighted by atomic mass is 79.9. The zero-order chi connectivity index (χ0) is 19.0. The van der Waals surface area contributed by atoms with Crippen LogP contribution in [0, 0.1) is 10.1 Å². The van der Waals surface area contributed by atoms with Gasteiger partial charge in [0.05, 0.1) is 21.8 Å². The maximum atomic E-state index is 11.4. The summed E-state index contributed by atoms with van der Waals surface area (Å²) in [6.07, 6.45) is 0. The Labute approximate surface area is 171 Å². The molecule has 1 aromatic heterocycles. The quantitative estimate of drug-likeness (QED) is 0.249. The maximum Gasteiger partial charge on any atom is 0.297 e. The number of rotatable bonds is 3. The van der Waals surface area contributed by atoms with Crippen LogP contribution in [0.4, 0.5) is 5.69 Å². The number of para-hydroxylation sites is 1. The largest absolute Gasteiger partial charge is 0.297 e. The van der Waals surface area contributed by atoms with E-state index in [0.29, 0.717) is 16.9 Å². The van der Waals surface area contributed by atoms with Crippen LogP contribution >= 0.6 is 31.9 Å². The lowest BCUT2D eigenvalue weighted by Crippen LogP contribution is -1.98. The topological polar surface area (TPSA) is 68.9 Å². The third-order valence-corrected chi connectivity index (χ3v) is 5.16. The Balaban J connectivity index is 2.05. The smallest absolute Gasteiger partial charge is 0.258 e.